The molecule has 3 rings (SSSR count). The minimum Gasteiger partial charge on any atom is -0.443 e. The molecule has 0 bridgehead atoms. The zero-order chi connectivity index (χ0) is 20.6. The fourth-order valence-electron chi connectivity index (χ4n) is 2.91. The summed E-state index contributed by atoms with van der Waals surface area (Å²) in [4.78, 5) is 22.1. The number of anilines is 1. The van der Waals surface area contributed by atoms with E-state index in [-0.39, 0.29) is 17.5 Å². The predicted octanol–water partition coefficient (Wildman–Crippen LogP) is 5.91. The molecule has 0 aliphatic heterocycles. The fraction of sp³-hybridized carbons (Fsp3) is 0.333. The van der Waals surface area contributed by atoms with Gasteiger partial charge in [-0.15, -0.1) is 0 Å². The van der Waals surface area contributed by atoms with E-state index in [0.717, 1.165) is 22.2 Å². The fourth-order valence-corrected chi connectivity index (χ4v) is 3.10. The smallest absolute Gasteiger partial charge is 0.416 e. The largest absolute Gasteiger partial charge is 0.443 e. The van der Waals surface area contributed by atoms with Crippen molar-refractivity contribution in [3.05, 3.63) is 58.1 Å². The quantitative estimate of drug-likeness (QED) is 0.552. The number of carbonyl (C=O) groups is 1. The average molecular weight is 404 g/mol. The molecule has 7 heteroatoms. The van der Waals surface area contributed by atoms with Crippen LogP contribution in [0.4, 0.5) is 15.0 Å². The highest BCUT2D eigenvalue weighted by molar-refractivity contribution is 6.30. The van der Waals surface area contributed by atoms with Gasteiger partial charge in [-0.3, -0.25) is 4.90 Å². The summed E-state index contributed by atoms with van der Waals surface area (Å²) < 4.78 is 18.9. The van der Waals surface area contributed by atoms with Gasteiger partial charge in [-0.25, -0.2) is 14.2 Å². The van der Waals surface area contributed by atoms with Crippen molar-refractivity contribution in [2.75, 3.05) is 4.90 Å². The Labute approximate surface area is 168 Å². The molecule has 0 atom stereocenters. The van der Waals surface area contributed by atoms with E-state index >= 15 is 0 Å². The number of aromatic amines is 1. The number of hydrogen-bond acceptors (Lipinski definition) is 3. The van der Waals surface area contributed by atoms with Gasteiger partial charge in [-0.05, 0) is 63.9 Å². The van der Waals surface area contributed by atoms with Crippen molar-refractivity contribution in [2.45, 2.75) is 46.8 Å². The summed E-state index contributed by atoms with van der Waals surface area (Å²) in [5, 5.41) is 1.16. The first-order valence-corrected chi connectivity index (χ1v) is 9.33. The van der Waals surface area contributed by atoms with Gasteiger partial charge in [0, 0.05) is 11.1 Å². The van der Waals surface area contributed by atoms with E-state index in [9.17, 15) is 9.18 Å². The molecule has 2 heterocycles. The van der Waals surface area contributed by atoms with Crippen molar-refractivity contribution < 1.29 is 13.9 Å². The Balaban J connectivity index is 2.13. The highest BCUT2D eigenvalue weighted by Crippen LogP contribution is 2.32. The number of ether oxygens (including phenoxy) is 1. The number of benzene rings is 1. The Bertz CT molecular complexity index is 1020. The first-order chi connectivity index (χ1) is 13.0. The molecule has 0 aliphatic carbocycles. The zero-order valence-electron chi connectivity index (χ0n) is 16.6. The standard InChI is InChI=1S/C21H23ClFN3O2/c1-12-13(2)24-18-16(12)10-17(22)25-19(18)26(20(27)28-21(3,4)5)11-14-6-8-15(23)9-7-14/h6-10,24H,11H2,1-5H3. The number of pyridine rings is 1. The van der Waals surface area contributed by atoms with Gasteiger partial charge < -0.3 is 9.72 Å². The van der Waals surface area contributed by atoms with Crippen LogP contribution >= 0.6 is 11.6 Å². The highest BCUT2D eigenvalue weighted by atomic mass is 35.5. The second kappa shape index (κ2) is 7.43. The number of nitrogens with one attached hydrogen (secondary N) is 1. The Morgan fingerprint density at radius 1 is 1.25 bits per heavy atom. The van der Waals surface area contributed by atoms with Gasteiger partial charge in [0.25, 0.3) is 0 Å². The molecule has 0 saturated carbocycles. The second-order valence-electron chi connectivity index (χ2n) is 7.76. The van der Waals surface area contributed by atoms with Crippen molar-refractivity contribution in [3.63, 3.8) is 0 Å². The van der Waals surface area contributed by atoms with Gasteiger partial charge in [-0.2, -0.15) is 0 Å². The summed E-state index contributed by atoms with van der Waals surface area (Å²) in [5.41, 5.74) is 2.75. The molecule has 0 fully saturated rings. The van der Waals surface area contributed by atoms with E-state index in [1.165, 1.54) is 17.0 Å². The number of halogens is 2. The van der Waals surface area contributed by atoms with Crippen molar-refractivity contribution in [1.29, 1.82) is 0 Å². The van der Waals surface area contributed by atoms with Crippen LogP contribution in [0.15, 0.2) is 30.3 Å². The van der Waals surface area contributed by atoms with E-state index in [0.29, 0.717) is 11.3 Å². The van der Waals surface area contributed by atoms with Crippen LogP contribution in [0, 0.1) is 19.7 Å². The Morgan fingerprint density at radius 2 is 1.89 bits per heavy atom. The second-order valence-corrected chi connectivity index (χ2v) is 8.15. The van der Waals surface area contributed by atoms with Crippen molar-refractivity contribution in [3.8, 4) is 0 Å². The molecule has 148 valence electrons. The van der Waals surface area contributed by atoms with Gasteiger partial charge in [-0.1, -0.05) is 23.7 Å². The minimum absolute atomic E-state index is 0.161. The van der Waals surface area contributed by atoms with Gasteiger partial charge in [0.1, 0.15) is 16.6 Å². The first kappa shape index (κ1) is 20.1. The number of H-pyrrole nitrogens is 1. The lowest BCUT2D eigenvalue weighted by atomic mass is 10.1. The molecule has 0 radical (unpaired) electrons. The maximum Gasteiger partial charge on any atom is 0.416 e. The van der Waals surface area contributed by atoms with Crippen LogP contribution in [0.1, 0.15) is 37.6 Å². The lowest BCUT2D eigenvalue weighted by Gasteiger charge is -2.27. The highest BCUT2D eigenvalue weighted by Gasteiger charge is 2.27. The van der Waals surface area contributed by atoms with Crippen molar-refractivity contribution >= 4 is 34.4 Å². The topological polar surface area (TPSA) is 58.2 Å². The van der Waals surface area contributed by atoms with Crippen LogP contribution in [-0.4, -0.2) is 21.7 Å². The zero-order valence-corrected chi connectivity index (χ0v) is 17.3. The van der Waals surface area contributed by atoms with E-state index in [1.54, 1.807) is 39.0 Å². The molecule has 2 aromatic heterocycles. The number of fused-ring (bicyclic) bond motifs is 1. The summed E-state index contributed by atoms with van der Waals surface area (Å²) >= 11 is 6.26. The average Bonchev–Trinajstić information content (AvgIpc) is 2.87. The van der Waals surface area contributed by atoms with Gasteiger partial charge >= 0.3 is 6.09 Å². The molecule has 0 saturated heterocycles. The number of carbonyl (C=O) groups excluding carboxylic acids is 1. The van der Waals surface area contributed by atoms with Crippen molar-refractivity contribution in [1.82, 2.24) is 9.97 Å². The van der Waals surface area contributed by atoms with Crippen LogP contribution in [0.5, 0.6) is 0 Å². The SMILES string of the molecule is Cc1[nH]c2c(N(Cc3ccc(F)cc3)C(=O)OC(C)(C)C)nc(Cl)cc2c1C. The Morgan fingerprint density at radius 3 is 2.50 bits per heavy atom. The maximum atomic E-state index is 13.3. The minimum atomic E-state index is -0.683. The van der Waals surface area contributed by atoms with Gasteiger partial charge in [0.15, 0.2) is 5.82 Å². The molecule has 0 unspecified atom stereocenters. The lowest BCUT2D eigenvalue weighted by molar-refractivity contribution is 0.0576. The van der Waals surface area contributed by atoms with E-state index in [4.69, 9.17) is 16.3 Å². The molecule has 5 nitrogen and oxygen atoms in total. The Hall–Kier alpha value is -2.60. The van der Waals surface area contributed by atoms with E-state index in [1.807, 2.05) is 13.8 Å². The third kappa shape index (κ3) is 4.28. The van der Waals surface area contributed by atoms with Crippen LogP contribution in [0.3, 0.4) is 0 Å². The molecule has 1 aromatic carbocycles. The number of rotatable bonds is 3. The monoisotopic (exact) mass is 403 g/mol. The van der Waals surface area contributed by atoms with Crippen LogP contribution < -0.4 is 4.90 Å². The molecule has 3 aromatic rings. The number of nitrogens with zero attached hydrogens (tertiary/aromatic N) is 2. The summed E-state index contributed by atoms with van der Waals surface area (Å²) in [5.74, 6) is 0.0312. The predicted molar refractivity (Wildman–Crippen MR) is 109 cm³/mol. The first-order valence-electron chi connectivity index (χ1n) is 8.95. The lowest BCUT2D eigenvalue weighted by Crippen LogP contribution is -2.37. The van der Waals surface area contributed by atoms with Crippen LogP contribution in [0.25, 0.3) is 10.9 Å². The van der Waals surface area contributed by atoms with Gasteiger partial charge in [0.05, 0.1) is 12.1 Å². The maximum absolute atomic E-state index is 13.3. The van der Waals surface area contributed by atoms with Gasteiger partial charge in [0.2, 0.25) is 0 Å². The number of aromatic nitrogens is 2. The molecule has 1 amide bonds. The molecule has 0 aliphatic rings. The number of hydrogen-bond donors (Lipinski definition) is 1. The van der Waals surface area contributed by atoms with Crippen LogP contribution in [-0.2, 0) is 11.3 Å². The third-order valence-corrected chi connectivity index (χ3v) is 4.57. The molecular formula is C21H23ClFN3O2. The van der Waals surface area contributed by atoms with E-state index in [2.05, 4.69) is 9.97 Å². The van der Waals surface area contributed by atoms with Crippen LogP contribution in [0.2, 0.25) is 5.15 Å². The summed E-state index contributed by atoms with van der Waals surface area (Å²) in [6, 6.07) is 7.72. The molecular weight excluding hydrogens is 381 g/mol. The molecule has 1 N–H and O–H groups in total. The summed E-state index contributed by atoms with van der Waals surface area (Å²) in [6.07, 6.45) is -0.558. The summed E-state index contributed by atoms with van der Waals surface area (Å²) in [6.45, 7) is 9.48. The van der Waals surface area contributed by atoms with E-state index < -0.39 is 11.7 Å². The Kier molecular flexibility index (Phi) is 5.35. The number of amides is 1. The molecule has 0 spiro atoms. The summed E-state index contributed by atoms with van der Waals surface area (Å²) in [7, 11) is 0. The third-order valence-electron chi connectivity index (χ3n) is 4.37. The molecule has 28 heavy (non-hydrogen) atoms. The van der Waals surface area contributed by atoms with Crippen molar-refractivity contribution in [2.24, 2.45) is 0 Å². The normalized spacial score (nSPS) is 11.7. The number of aryl methyl sites for hydroxylation is 2.